The Balaban J connectivity index is 1.69. The zero-order valence-corrected chi connectivity index (χ0v) is 15.2. The van der Waals surface area contributed by atoms with E-state index in [9.17, 15) is 0 Å². The Morgan fingerprint density at radius 1 is 0.852 bits per heavy atom. The first-order valence-electron chi connectivity index (χ1n) is 9.24. The zero-order chi connectivity index (χ0) is 18.2. The van der Waals surface area contributed by atoms with Crippen LogP contribution in [-0.4, -0.2) is 21.1 Å². The molecule has 5 heteroatoms. The normalized spacial score (nSPS) is 29.5. The van der Waals surface area contributed by atoms with Crippen LogP contribution in [0.25, 0.3) is 0 Å². The van der Waals surface area contributed by atoms with Crippen LogP contribution in [0.15, 0.2) is 73.3 Å². The Labute approximate surface area is 158 Å². The molecule has 132 valence electrons. The number of anilines is 4. The van der Waals surface area contributed by atoms with E-state index in [1.54, 1.807) is 18.6 Å². The molecule has 3 aromatic rings. The number of para-hydroxylation sites is 1. The summed E-state index contributed by atoms with van der Waals surface area (Å²) in [5.74, 6) is 1.79. The average Bonchev–Trinajstić information content (AvgIpc) is 3.07. The van der Waals surface area contributed by atoms with Crippen LogP contribution in [0.2, 0.25) is 0 Å². The van der Waals surface area contributed by atoms with Gasteiger partial charge in [-0.2, -0.15) is 0 Å². The molecule has 0 amide bonds. The van der Waals surface area contributed by atoms with E-state index >= 15 is 0 Å². The van der Waals surface area contributed by atoms with Gasteiger partial charge in [0.2, 0.25) is 0 Å². The number of hydrogen-bond donors (Lipinski definition) is 0. The molecular formula is C22H19N5. The second-order valence-electron chi connectivity index (χ2n) is 7.86. The lowest BCUT2D eigenvalue weighted by Gasteiger charge is -2.61. The molecule has 1 aromatic carbocycles. The van der Waals surface area contributed by atoms with E-state index in [0.717, 1.165) is 17.3 Å². The van der Waals surface area contributed by atoms with Gasteiger partial charge in [-0.05, 0) is 23.8 Å². The van der Waals surface area contributed by atoms with Crippen LogP contribution in [0, 0.1) is 5.41 Å². The molecular weight excluding hydrogens is 334 g/mol. The minimum absolute atomic E-state index is 0.0345. The quantitative estimate of drug-likeness (QED) is 0.609. The Kier molecular flexibility index (Phi) is 2.62. The number of benzene rings is 1. The predicted molar refractivity (Wildman–Crippen MR) is 105 cm³/mol. The molecule has 0 radical (unpaired) electrons. The molecule has 3 aliphatic rings. The van der Waals surface area contributed by atoms with Gasteiger partial charge in [0, 0.05) is 35.1 Å². The van der Waals surface area contributed by atoms with Gasteiger partial charge in [0.25, 0.3) is 0 Å². The summed E-state index contributed by atoms with van der Waals surface area (Å²) < 4.78 is 0. The largest absolute Gasteiger partial charge is 0.301 e. The van der Waals surface area contributed by atoms with Crippen molar-refractivity contribution in [1.82, 2.24) is 15.0 Å². The smallest absolute Gasteiger partial charge is 0.178 e. The first-order chi connectivity index (χ1) is 13.2. The minimum atomic E-state index is -0.0838. The van der Waals surface area contributed by atoms with E-state index in [-0.39, 0.29) is 17.0 Å². The summed E-state index contributed by atoms with van der Waals surface area (Å²) in [6, 6.07) is 12.7. The lowest BCUT2D eigenvalue weighted by molar-refractivity contribution is 0.174. The van der Waals surface area contributed by atoms with Crippen molar-refractivity contribution in [2.24, 2.45) is 5.41 Å². The Morgan fingerprint density at radius 2 is 1.63 bits per heavy atom. The summed E-state index contributed by atoms with van der Waals surface area (Å²) in [4.78, 5) is 18.5. The summed E-state index contributed by atoms with van der Waals surface area (Å²) in [5, 5.41) is 0. The molecule has 0 bridgehead atoms. The third kappa shape index (κ3) is 1.59. The Bertz CT molecular complexity index is 1090. The molecule has 3 atom stereocenters. The van der Waals surface area contributed by atoms with E-state index < -0.39 is 0 Å². The minimum Gasteiger partial charge on any atom is -0.301 e. The van der Waals surface area contributed by atoms with Gasteiger partial charge in [-0.1, -0.05) is 44.2 Å². The molecule has 1 aliphatic carbocycles. The number of pyridine rings is 1. The first-order valence-corrected chi connectivity index (χ1v) is 9.24. The lowest BCUT2D eigenvalue weighted by atomic mass is 9.51. The lowest BCUT2D eigenvalue weighted by Crippen LogP contribution is -2.64. The maximum absolute atomic E-state index is 4.73. The highest BCUT2D eigenvalue weighted by molar-refractivity contribution is 5.87. The van der Waals surface area contributed by atoms with Crippen molar-refractivity contribution in [2.75, 3.05) is 9.80 Å². The summed E-state index contributed by atoms with van der Waals surface area (Å²) in [6.45, 7) is 4.68. The topological polar surface area (TPSA) is 45.2 Å². The van der Waals surface area contributed by atoms with E-state index in [1.165, 1.54) is 11.3 Å². The van der Waals surface area contributed by atoms with E-state index in [4.69, 9.17) is 9.97 Å². The van der Waals surface area contributed by atoms with Gasteiger partial charge in [-0.15, -0.1) is 0 Å². The van der Waals surface area contributed by atoms with Crippen LogP contribution in [0.3, 0.4) is 0 Å². The van der Waals surface area contributed by atoms with Crippen molar-refractivity contribution in [3.05, 3.63) is 78.9 Å². The van der Waals surface area contributed by atoms with Crippen molar-refractivity contribution in [2.45, 2.75) is 25.4 Å². The molecule has 0 saturated carbocycles. The van der Waals surface area contributed by atoms with Gasteiger partial charge < -0.3 is 4.90 Å². The Morgan fingerprint density at radius 3 is 2.33 bits per heavy atom. The van der Waals surface area contributed by atoms with E-state index in [2.05, 4.69) is 71.1 Å². The summed E-state index contributed by atoms with van der Waals surface area (Å²) >= 11 is 0. The summed E-state index contributed by atoms with van der Waals surface area (Å²) in [5.41, 5.74) is 3.47. The van der Waals surface area contributed by atoms with Crippen LogP contribution in [0.1, 0.15) is 19.4 Å². The summed E-state index contributed by atoms with van der Waals surface area (Å²) in [7, 11) is 0. The van der Waals surface area contributed by atoms with Gasteiger partial charge in [0.15, 0.2) is 11.6 Å². The standard InChI is InChI=1S/C22H19N5/c1-21-9-10-22(21,2)20-26(15-6-5-11-23-14-15)18-19(25-13-12-24-18)27(20)17-8-4-3-7-16(17)21/h3-14,20H,1-2H3. The second kappa shape index (κ2) is 4.74. The zero-order valence-electron chi connectivity index (χ0n) is 15.2. The van der Waals surface area contributed by atoms with Crippen molar-refractivity contribution >= 4 is 23.0 Å². The van der Waals surface area contributed by atoms with Crippen LogP contribution < -0.4 is 9.80 Å². The Hall–Kier alpha value is -3.21. The molecule has 6 rings (SSSR count). The van der Waals surface area contributed by atoms with Crippen molar-refractivity contribution in [3.8, 4) is 0 Å². The molecule has 0 spiro atoms. The van der Waals surface area contributed by atoms with Gasteiger partial charge in [-0.25, -0.2) is 9.97 Å². The number of allylic oxidation sites excluding steroid dienone is 1. The fourth-order valence-corrected chi connectivity index (χ4v) is 5.01. The van der Waals surface area contributed by atoms with E-state index in [0.29, 0.717) is 0 Å². The van der Waals surface area contributed by atoms with Crippen molar-refractivity contribution < 1.29 is 0 Å². The average molecular weight is 353 g/mol. The van der Waals surface area contributed by atoms with Crippen LogP contribution in [-0.2, 0) is 5.41 Å². The second-order valence-corrected chi connectivity index (χ2v) is 7.86. The molecule has 27 heavy (non-hydrogen) atoms. The van der Waals surface area contributed by atoms with Gasteiger partial charge >= 0.3 is 0 Å². The first kappa shape index (κ1) is 14.9. The number of hydrogen-bond acceptors (Lipinski definition) is 5. The maximum atomic E-state index is 4.73. The third-order valence-electron chi connectivity index (χ3n) is 6.67. The molecule has 0 saturated heterocycles. The van der Waals surface area contributed by atoms with Crippen molar-refractivity contribution in [1.29, 1.82) is 0 Å². The fourth-order valence-electron chi connectivity index (χ4n) is 5.01. The highest BCUT2D eigenvalue weighted by Gasteiger charge is 2.64. The van der Waals surface area contributed by atoms with E-state index in [1.807, 2.05) is 12.3 Å². The third-order valence-corrected chi connectivity index (χ3v) is 6.67. The highest BCUT2D eigenvalue weighted by Crippen LogP contribution is 2.65. The highest BCUT2D eigenvalue weighted by atomic mass is 15.5. The molecule has 0 fully saturated rings. The number of rotatable bonds is 1. The molecule has 2 aliphatic heterocycles. The fraction of sp³-hybridized carbons (Fsp3) is 0.227. The van der Waals surface area contributed by atoms with Gasteiger partial charge in [-0.3, -0.25) is 9.88 Å². The van der Waals surface area contributed by atoms with Gasteiger partial charge in [0.1, 0.15) is 6.17 Å². The van der Waals surface area contributed by atoms with Crippen LogP contribution in [0.5, 0.6) is 0 Å². The van der Waals surface area contributed by atoms with Crippen molar-refractivity contribution in [3.63, 3.8) is 0 Å². The summed E-state index contributed by atoms with van der Waals surface area (Å²) in [6.07, 6.45) is 12.0. The number of nitrogens with zero attached hydrogens (tertiary/aromatic N) is 5. The number of aromatic nitrogens is 3. The van der Waals surface area contributed by atoms with Crippen LogP contribution in [0.4, 0.5) is 23.0 Å². The predicted octanol–water partition coefficient (Wildman–Crippen LogP) is 4.33. The monoisotopic (exact) mass is 353 g/mol. The molecule has 3 unspecified atom stereocenters. The maximum Gasteiger partial charge on any atom is 0.178 e. The molecule has 0 N–H and O–H groups in total. The molecule has 4 heterocycles. The SMILES string of the molecule is CC12C=CC1(C)C1N(c3cccnc3)c3nccnc3N1c1ccccc12. The van der Waals surface area contributed by atoms with Gasteiger partial charge in [0.05, 0.1) is 11.9 Å². The number of fused-ring (bicyclic) bond motifs is 8. The molecule has 5 nitrogen and oxygen atoms in total. The molecule has 2 aromatic heterocycles. The van der Waals surface area contributed by atoms with Crippen LogP contribution >= 0.6 is 0 Å².